The number of hydrogen-bond donors (Lipinski definition) is 1. The van der Waals surface area contributed by atoms with Gasteiger partial charge in [-0.25, -0.2) is 4.39 Å². The average molecular weight is 322 g/mol. The Morgan fingerprint density at radius 3 is 2.42 bits per heavy atom. The first kappa shape index (κ1) is 14.2. The van der Waals surface area contributed by atoms with E-state index < -0.39 is 0 Å². The van der Waals surface area contributed by atoms with Crippen LogP contribution in [0.2, 0.25) is 0 Å². The van der Waals surface area contributed by atoms with Gasteiger partial charge in [-0.2, -0.15) is 0 Å². The number of halogens is 2. The predicted molar refractivity (Wildman–Crippen MR) is 80.9 cm³/mol. The lowest BCUT2D eigenvalue weighted by atomic mass is 9.96. The topological polar surface area (TPSA) is 12.0 Å². The number of benzene rings is 2. The largest absolute Gasteiger partial charge is 0.309 e. The van der Waals surface area contributed by atoms with Crippen molar-refractivity contribution >= 4 is 15.9 Å². The summed E-state index contributed by atoms with van der Waals surface area (Å²) in [6, 6.07) is 11.1. The van der Waals surface area contributed by atoms with Gasteiger partial charge < -0.3 is 5.32 Å². The molecular formula is C16H17BrFN. The molecule has 1 unspecified atom stereocenters. The number of aryl methyl sites for hydroxylation is 2. The van der Waals surface area contributed by atoms with E-state index in [1.165, 1.54) is 17.2 Å². The molecule has 0 aromatic heterocycles. The van der Waals surface area contributed by atoms with Crippen molar-refractivity contribution in [1.29, 1.82) is 0 Å². The van der Waals surface area contributed by atoms with Gasteiger partial charge in [0.2, 0.25) is 0 Å². The summed E-state index contributed by atoms with van der Waals surface area (Å²) in [6.45, 7) is 4.18. The minimum absolute atomic E-state index is 0.0237. The molecule has 1 N–H and O–H groups in total. The first-order chi connectivity index (χ1) is 9.02. The Bertz CT molecular complexity index is 595. The van der Waals surface area contributed by atoms with Gasteiger partial charge in [0, 0.05) is 4.47 Å². The number of rotatable bonds is 3. The van der Waals surface area contributed by atoms with Gasteiger partial charge in [0.1, 0.15) is 5.82 Å². The molecule has 0 saturated heterocycles. The summed E-state index contributed by atoms with van der Waals surface area (Å²) >= 11 is 3.50. The lowest BCUT2D eigenvalue weighted by molar-refractivity contribution is 0.615. The maximum Gasteiger partial charge on any atom is 0.123 e. The van der Waals surface area contributed by atoms with Gasteiger partial charge in [-0.1, -0.05) is 34.1 Å². The maximum absolute atomic E-state index is 13.5. The molecule has 0 bridgehead atoms. The predicted octanol–water partition coefficient (Wildman–Crippen LogP) is 4.51. The van der Waals surface area contributed by atoms with Crippen LogP contribution in [0, 0.1) is 19.7 Å². The van der Waals surface area contributed by atoms with Crippen LogP contribution in [0.15, 0.2) is 40.9 Å². The highest BCUT2D eigenvalue weighted by molar-refractivity contribution is 9.10. The summed E-state index contributed by atoms with van der Waals surface area (Å²) in [5.41, 5.74) is 4.55. The fourth-order valence-corrected chi connectivity index (χ4v) is 2.66. The van der Waals surface area contributed by atoms with Crippen molar-refractivity contribution < 1.29 is 4.39 Å². The van der Waals surface area contributed by atoms with Crippen LogP contribution >= 0.6 is 15.9 Å². The second-order valence-corrected chi connectivity index (χ2v) is 5.59. The van der Waals surface area contributed by atoms with Gasteiger partial charge in [-0.15, -0.1) is 0 Å². The van der Waals surface area contributed by atoms with Crippen molar-refractivity contribution in [2.24, 2.45) is 0 Å². The second-order valence-electron chi connectivity index (χ2n) is 4.73. The molecule has 0 radical (unpaired) electrons. The van der Waals surface area contributed by atoms with E-state index in [0.29, 0.717) is 0 Å². The van der Waals surface area contributed by atoms with Crippen LogP contribution in [-0.2, 0) is 0 Å². The molecule has 0 aliphatic rings. The van der Waals surface area contributed by atoms with E-state index in [4.69, 9.17) is 0 Å². The zero-order chi connectivity index (χ0) is 14.0. The molecule has 0 spiro atoms. The van der Waals surface area contributed by atoms with E-state index in [-0.39, 0.29) is 11.9 Å². The molecule has 0 amide bonds. The molecule has 1 atom stereocenters. The molecule has 0 heterocycles. The molecule has 0 aliphatic carbocycles. The zero-order valence-electron chi connectivity index (χ0n) is 11.3. The molecular weight excluding hydrogens is 305 g/mol. The Morgan fingerprint density at radius 1 is 1.05 bits per heavy atom. The Kier molecular flexibility index (Phi) is 4.38. The van der Waals surface area contributed by atoms with Crippen molar-refractivity contribution in [3.63, 3.8) is 0 Å². The summed E-state index contributed by atoms with van der Waals surface area (Å²) in [5, 5.41) is 3.25. The molecule has 2 aromatic carbocycles. The third-order valence-corrected chi connectivity index (χ3v) is 4.14. The summed E-state index contributed by atoms with van der Waals surface area (Å²) in [4.78, 5) is 0. The van der Waals surface area contributed by atoms with Crippen LogP contribution < -0.4 is 5.32 Å². The lowest BCUT2D eigenvalue weighted by Crippen LogP contribution is -2.18. The first-order valence-corrected chi connectivity index (χ1v) is 7.01. The van der Waals surface area contributed by atoms with Gasteiger partial charge >= 0.3 is 0 Å². The molecule has 1 nitrogen and oxygen atoms in total. The van der Waals surface area contributed by atoms with Crippen molar-refractivity contribution in [2.45, 2.75) is 19.9 Å². The highest BCUT2D eigenvalue weighted by atomic mass is 79.9. The third-order valence-electron chi connectivity index (χ3n) is 3.42. The van der Waals surface area contributed by atoms with Crippen LogP contribution in [0.3, 0.4) is 0 Å². The monoisotopic (exact) mass is 321 g/mol. The SMILES string of the molecule is CNC(c1ccc(C)c(C)c1)c1cc(F)ccc1Br. The molecule has 19 heavy (non-hydrogen) atoms. The van der Waals surface area contributed by atoms with Gasteiger partial charge in [-0.05, 0) is 61.3 Å². The standard InChI is InChI=1S/C16H17BrFN/c1-10-4-5-12(8-11(10)2)16(19-3)14-9-13(18)6-7-15(14)17/h4-9,16,19H,1-3H3. The van der Waals surface area contributed by atoms with Crippen molar-refractivity contribution in [2.75, 3.05) is 7.05 Å². The van der Waals surface area contributed by atoms with Crippen LogP contribution in [0.25, 0.3) is 0 Å². The van der Waals surface area contributed by atoms with Gasteiger partial charge in [0.05, 0.1) is 6.04 Å². The Balaban J connectivity index is 2.49. The average Bonchev–Trinajstić information content (AvgIpc) is 2.38. The fraction of sp³-hybridized carbons (Fsp3) is 0.250. The van der Waals surface area contributed by atoms with Crippen LogP contribution in [-0.4, -0.2) is 7.05 Å². The van der Waals surface area contributed by atoms with E-state index in [2.05, 4.69) is 53.3 Å². The minimum Gasteiger partial charge on any atom is -0.309 e. The molecule has 100 valence electrons. The quantitative estimate of drug-likeness (QED) is 0.876. The number of hydrogen-bond acceptors (Lipinski definition) is 1. The van der Waals surface area contributed by atoms with Gasteiger partial charge in [0.25, 0.3) is 0 Å². The Morgan fingerprint density at radius 2 is 1.79 bits per heavy atom. The number of nitrogens with one attached hydrogen (secondary N) is 1. The van der Waals surface area contributed by atoms with Crippen LogP contribution in [0.5, 0.6) is 0 Å². The molecule has 0 fully saturated rings. The van der Waals surface area contributed by atoms with Crippen molar-refractivity contribution in [3.05, 3.63) is 68.9 Å². The van der Waals surface area contributed by atoms with E-state index in [1.807, 2.05) is 7.05 Å². The van der Waals surface area contributed by atoms with Crippen molar-refractivity contribution in [3.8, 4) is 0 Å². The normalized spacial score (nSPS) is 12.5. The summed E-state index contributed by atoms with van der Waals surface area (Å²) in [7, 11) is 1.89. The Labute approximate surface area is 122 Å². The molecule has 2 rings (SSSR count). The summed E-state index contributed by atoms with van der Waals surface area (Å²) in [5.74, 6) is -0.220. The smallest absolute Gasteiger partial charge is 0.123 e. The van der Waals surface area contributed by atoms with Gasteiger partial charge in [-0.3, -0.25) is 0 Å². The van der Waals surface area contributed by atoms with E-state index >= 15 is 0 Å². The van der Waals surface area contributed by atoms with E-state index in [0.717, 1.165) is 15.6 Å². The van der Waals surface area contributed by atoms with E-state index in [9.17, 15) is 4.39 Å². The Hall–Kier alpha value is -1.19. The second kappa shape index (κ2) is 5.85. The lowest BCUT2D eigenvalue weighted by Gasteiger charge is -2.20. The highest BCUT2D eigenvalue weighted by Crippen LogP contribution is 2.30. The van der Waals surface area contributed by atoms with E-state index in [1.54, 1.807) is 12.1 Å². The molecule has 3 heteroatoms. The first-order valence-electron chi connectivity index (χ1n) is 6.22. The fourth-order valence-electron chi connectivity index (χ4n) is 2.18. The summed E-state index contributed by atoms with van der Waals surface area (Å²) in [6.07, 6.45) is 0. The molecule has 0 aliphatic heterocycles. The highest BCUT2D eigenvalue weighted by Gasteiger charge is 2.16. The maximum atomic E-state index is 13.5. The summed E-state index contributed by atoms with van der Waals surface area (Å²) < 4.78 is 14.4. The van der Waals surface area contributed by atoms with Crippen LogP contribution in [0.1, 0.15) is 28.3 Å². The van der Waals surface area contributed by atoms with Gasteiger partial charge in [0.15, 0.2) is 0 Å². The third kappa shape index (κ3) is 3.04. The van der Waals surface area contributed by atoms with Crippen molar-refractivity contribution in [1.82, 2.24) is 5.32 Å². The molecule has 2 aromatic rings. The molecule has 0 saturated carbocycles. The van der Waals surface area contributed by atoms with Crippen LogP contribution in [0.4, 0.5) is 4.39 Å². The zero-order valence-corrected chi connectivity index (χ0v) is 12.9. The minimum atomic E-state index is -0.220.